The van der Waals surface area contributed by atoms with Gasteiger partial charge in [-0.3, -0.25) is 4.79 Å². The number of nitrogens with zero attached hydrogens (tertiary/aromatic N) is 1. The summed E-state index contributed by atoms with van der Waals surface area (Å²) in [6, 6.07) is 5.95. The van der Waals surface area contributed by atoms with E-state index >= 15 is 0 Å². The van der Waals surface area contributed by atoms with E-state index in [1.165, 1.54) is 5.56 Å². The first-order chi connectivity index (χ1) is 9.81. The summed E-state index contributed by atoms with van der Waals surface area (Å²) in [5, 5.41) is 3.20. The number of fused-ring (bicyclic) bond motifs is 1. The highest BCUT2D eigenvalue weighted by atomic mass is 16.5. The highest BCUT2D eigenvalue weighted by molar-refractivity contribution is 5.99. The highest BCUT2D eigenvalue weighted by Crippen LogP contribution is 2.36. The number of hydrogen-bond acceptors (Lipinski definition) is 4. The van der Waals surface area contributed by atoms with Crippen LogP contribution in [0.4, 0.5) is 5.69 Å². The number of hydrogen-bond donors (Lipinski definition) is 1. The molecule has 1 unspecified atom stereocenters. The number of nitrogens with one attached hydrogen (secondary N) is 1. The second-order valence-electron chi connectivity index (χ2n) is 5.12. The monoisotopic (exact) mass is 276 g/mol. The predicted octanol–water partition coefficient (Wildman–Crippen LogP) is 0.963. The minimum absolute atomic E-state index is 0.0302. The Hall–Kier alpha value is -1.59. The summed E-state index contributed by atoms with van der Waals surface area (Å²) in [7, 11) is 1.64. The maximum Gasteiger partial charge on any atom is 0.257 e. The van der Waals surface area contributed by atoms with Gasteiger partial charge in [0.25, 0.3) is 5.91 Å². The summed E-state index contributed by atoms with van der Waals surface area (Å²) in [6.45, 7) is 2.71. The van der Waals surface area contributed by atoms with E-state index in [0.717, 1.165) is 37.4 Å². The Labute approximate surface area is 118 Å². The minimum Gasteiger partial charge on any atom is -0.495 e. The molecule has 0 aromatic heterocycles. The molecule has 108 valence electrons. The fraction of sp³-hybridized carbons (Fsp3) is 0.533. The molecule has 0 aliphatic carbocycles. The van der Waals surface area contributed by atoms with E-state index in [9.17, 15) is 4.79 Å². The molecule has 5 heteroatoms. The van der Waals surface area contributed by atoms with Gasteiger partial charge in [-0.25, -0.2) is 0 Å². The van der Waals surface area contributed by atoms with Gasteiger partial charge in [0.05, 0.1) is 19.4 Å². The summed E-state index contributed by atoms with van der Waals surface area (Å²) in [5.41, 5.74) is 2.09. The Morgan fingerprint density at radius 1 is 1.50 bits per heavy atom. The van der Waals surface area contributed by atoms with Crippen LogP contribution in [0, 0.1) is 0 Å². The molecule has 0 saturated carbocycles. The van der Waals surface area contributed by atoms with Crippen molar-refractivity contribution >= 4 is 11.6 Å². The van der Waals surface area contributed by atoms with Crippen LogP contribution >= 0.6 is 0 Å². The molecule has 2 aliphatic rings. The van der Waals surface area contributed by atoms with E-state index in [2.05, 4.69) is 11.4 Å². The van der Waals surface area contributed by atoms with Crippen molar-refractivity contribution in [3.63, 3.8) is 0 Å². The van der Waals surface area contributed by atoms with Gasteiger partial charge in [-0.1, -0.05) is 12.1 Å². The van der Waals surface area contributed by atoms with E-state index in [0.29, 0.717) is 13.2 Å². The zero-order chi connectivity index (χ0) is 13.9. The van der Waals surface area contributed by atoms with Crippen LogP contribution < -0.4 is 15.0 Å². The third-order valence-corrected chi connectivity index (χ3v) is 3.87. The molecule has 0 spiro atoms. The molecular weight excluding hydrogens is 256 g/mol. The van der Waals surface area contributed by atoms with Crippen LogP contribution in [0.2, 0.25) is 0 Å². The topological polar surface area (TPSA) is 50.8 Å². The molecule has 3 rings (SSSR count). The molecule has 0 bridgehead atoms. The van der Waals surface area contributed by atoms with Crippen LogP contribution in [0.3, 0.4) is 0 Å². The van der Waals surface area contributed by atoms with Crippen molar-refractivity contribution in [2.75, 3.05) is 38.3 Å². The van der Waals surface area contributed by atoms with Gasteiger partial charge in [-0.15, -0.1) is 0 Å². The van der Waals surface area contributed by atoms with Crippen molar-refractivity contribution in [2.24, 2.45) is 0 Å². The number of carbonyl (C=O) groups excluding carboxylic acids is 1. The first-order valence-corrected chi connectivity index (χ1v) is 7.11. The number of ether oxygens (including phenoxy) is 2. The molecule has 1 aromatic carbocycles. The van der Waals surface area contributed by atoms with E-state index in [1.807, 2.05) is 17.0 Å². The predicted molar refractivity (Wildman–Crippen MR) is 76.3 cm³/mol. The lowest BCUT2D eigenvalue weighted by Gasteiger charge is -2.34. The first kappa shape index (κ1) is 13.4. The van der Waals surface area contributed by atoms with Crippen molar-refractivity contribution in [3.05, 3.63) is 23.8 Å². The highest BCUT2D eigenvalue weighted by Gasteiger charge is 2.32. The Bertz CT molecular complexity index is 484. The molecule has 1 amide bonds. The van der Waals surface area contributed by atoms with E-state index in [-0.39, 0.29) is 12.0 Å². The lowest BCUT2D eigenvalue weighted by atomic mass is 10.00. The molecule has 0 radical (unpaired) electrons. The number of methoxy groups -OCH3 is 1. The van der Waals surface area contributed by atoms with Crippen LogP contribution in [-0.2, 0) is 16.0 Å². The fourth-order valence-corrected chi connectivity index (χ4v) is 2.90. The maximum atomic E-state index is 12.7. The van der Waals surface area contributed by atoms with Crippen LogP contribution in [0.25, 0.3) is 0 Å². The van der Waals surface area contributed by atoms with Crippen LogP contribution in [0.15, 0.2) is 18.2 Å². The lowest BCUT2D eigenvalue weighted by molar-refractivity contribution is -0.131. The Morgan fingerprint density at radius 2 is 2.40 bits per heavy atom. The standard InChI is InChI=1S/C15H20N2O3/c1-19-12-6-2-4-11-5-3-8-17(14(11)12)15(18)13-10-16-7-9-20-13/h2,4,6,13,16H,3,5,7-10H2,1H3. The smallest absolute Gasteiger partial charge is 0.257 e. The summed E-state index contributed by atoms with van der Waals surface area (Å²) in [6.07, 6.45) is 1.58. The number of para-hydroxylation sites is 1. The third kappa shape index (κ3) is 2.39. The van der Waals surface area contributed by atoms with Crippen molar-refractivity contribution in [2.45, 2.75) is 18.9 Å². The van der Waals surface area contributed by atoms with Gasteiger partial charge >= 0.3 is 0 Å². The molecule has 2 aliphatic heterocycles. The van der Waals surface area contributed by atoms with Gasteiger partial charge in [0, 0.05) is 19.6 Å². The van der Waals surface area contributed by atoms with Crippen molar-refractivity contribution in [3.8, 4) is 5.75 Å². The van der Waals surface area contributed by atoms with Crippen molar-refractivity contribution in [1.82, 2.24) is 5.32 Å². The van der Waals surface area contributed by atoms with Crippen LogP contribution in [-0.4, -0.2) is 45.4 Å². The number of rotatable bonds is 2. The van der Waals surface area contributed by atoms with Gasteiger partial charge in [-0.05, 0) is 24.5 Å². The number of carbonyl (C=O) groups is 1. The van der Waals surface area contributed by atoms with E-state index < -0.39 is 0 Å². The van der Waals surface area contributed by atoms with Crippen molar-refractivity contribution < 1.29 is 14.3 Å². The first-order valence-electron chi connectivity index (χ1n) is 7.11. The normalized spacial score (nSPS) is 22.2. The third-order valence-electron chi connectivity index (χ3n) is 3.87. The van der Waals surface area contributed by atoms with E-state index in [1.54, 1.807) is 7.11 Å². The SMILES string of the molecule is COc1cccc2c1N(C(=O)C1CNCCO1)CCC2. The molecule has 2 heterocycles. The van der Waals surface area contributed by atoms with Crippen molar-refractivity contribution in [1.29, 1.82) is 0 Å². The summed E-state index contributed by atoms with van der Waals surface area (Å²) < 4.78 is 11.0. The van der Waals surface area contributed by atoms with E-state index in [4.69, 9.17) is 9.47 Å². The number of aryl methyl sites for hydroxylation is 1. The van der Waals surface area contributed by atoms with Gasteiger partial charge < -0.3 is 19.7 Å². The number of amides is 1. The summed E-state index contributed by atoms with van der Waals surface area (Å²) >= 11 is 0. The minimum atomic E-state index is -0.389. The van der Waals surface area contributed by atoms with Gasteiger partial charge in [0.15, 0.2) is 0 Å². The molecular formula is C15H20N2O3. The number of anilines is 1. The zero-order valence-electron chi connectivity index (χ0n) is 11.7. The van der Waals surface area contributed by atoms with Gasteiger partial charge in [0.2, 0.25) is 0 Å². The Kier molecular flexibility index (Phi) is 3.89. The average molecular weight is 276 g/mol. The Balaban J connectivity index is 1.90. The second-order valence-corrected chi connectivity index (χ2v) is 5.12. The number of benzene rings is 1. The van der Waals surface area contributed by atoms with Crippen LogP contribution in [0.1, 0.15) is 12.0 Å². The molecule has 1 fully saturated rings. The summed E-state index contributed by atoms with van der Waals surface area (Å²) in [4.78, 5) is 14.5. The van der Waals surface area contributed by atoms with Gasteiger partial charge in [0.1, 0.15) is 11.9 Å². The quantitative estimate of drug-likeness (QED) is 0.874. The van der Waals surface area contributed by atoms with Crippen LogP contribution in [0.5, 0.6) is 5.75 Å². The molecule has 20 heavy (non-hydrogen) atoms. The maximum absolute atomic E-state index is 12.7. The summed E-state index contributed by atoms with van der Waals surface area (Å²) in [5.74, 6) is 0.793. The van der Waals surface area contributed by atoms with Gasteiger partial charge in [-0.2, -0.15) is 0 Å². The number of morpholine rings is 1. The molecule has 1 N–H and O–H groups in total. The lowest BCUT2D eigenvalue weighted by Crippen LogP contribution is -2.50. The molecule has 1 aromatic rings. The fourth-order valence-electron chi connectivity index (χ4n) is 2.90. The molecule has 1 saturated heterocycles. The second kappa shape index (κ2) is 5.81. The molecule has 5 nitrogen and oxygen atoms in total. The zero-order valence-corrected chi connectivity index (χ0v) is 11.7. The largest absolute Gasteiger partial charge is 0.495 e. The molecule has 1 atom stereocenters. The Morgan fingerprint density at radius 3 is 3.15 bits per heavy atom. The average Bonchev–Trinajstić information content (AvgIpc) is 2.53.